The highest BCUT2D eigenvalue weighted by Gasteiger charge is 2.17. The molecule has 0 unspecified atom stereocenters. The molecule has 0 fully saturated rings. The summed E-state index contributed by atoms with van der Waals surface area (Å²) in [5.74, 6) is 0. The molecule has 3 nitrogen and oxygen atoms in total. The number of nitrogens with zero attached hydrogens (tertiary/aromatic N) is 3. The molecular weight excluding hydrogens is 655 g/mol. The molecule has 0 spiro atoms. The van der Waals surface area contributed by atoms with Crippen LogP contribution in [0.5, 0.6) is 0 Å². The summed E-state index contributed by atoms with van der Waals surface area (Å²) in [5.41, 5.74) is 16.1. The van der Waals surface area contributed by atoms with E-state index in [-0.39, 0.29) is 0 Å². The molecule has 262 valence electrons. The van der Waals surface area contributed by atoms with Gasteiger partial charge in [-0.2, -0.15) is 0 Å². The van der Waals surface area contributed by atoms with Gasteiger partial charge in [0, 0.05) is 51.2 Å². The summed E-state index contributed by atoms with van der Waals surface area (Å²) in [5, 5.41) is 0. The van der Waals surface area contributed by atoms with Gasteiger partial charge < -0.3 is 14.7 Å². The van der Waals surface area contributed by atoms with E-state index in [9.17, 15) is 0 Å². The Hall–Kier alpha value is -6.84. The van der Waals surface area contributed by atoms with Crippen LogP contribution >= 0.6 is 0 Å². The molecule has 0 amide bonds. The van der Waals surface area contributed by atoms with E-state index in [2.05, 4.69) is 242 Å². The summed E-state index contributed by atoms with van der Waals surface area (Å²) in [7, 11) is 0. The van der Waals surface area contributed by atoms with Crippen molar-refractivity contribution >= 4 is 51.2 Å². The first-order chi connectivity index (χ1) is 26.5. The Morgan fingerprint density at radius 2 is 0.463 bits per heavy atom. The zero-order chi connectivity index (χ0) is 36.9. The zero-order valence-electron chi connectivity index (χ0n) is 31.0. The van der Waals surface area contributed by atoms with E-state index in [4.69, 9.17) is 0 Å². The Kier molecular flexibility index (Phi) is 9.78. The van der Waals surface area contributed by atoms with Crippen molar-refractivity contribution in [3.8, 4) is 11.1 Å². The number of hydrogen-bond donors (Lipinski definition) is 0. The van der Waals surface area contributed by atoms with Gasteiger partial charge in [0.05, 0.1) is 0 Å². The molecule has 0 atom stereocenters. The predicted molar refractivity (Wildman–Crippen MR) is 230 cm³/mol. The van der Waals surface area contributed by atoms with Crippen LogP contribution in [0.25, 0.3) is 11.1 Å². The lowest BCUT2D eigenvalue weighted by atomic mass is 10.0. The van der Waals surface area contributed by atoms with Gasteiger partial charge >= 0.3 is 0 Å². The topological polar surface area (TPSA) is 9.72 Å². The van der Waals surface area contributed by atoms with Crippen molar-refractivity contribution in [2.45, 2.75) is 20.8 Å². The molecule has 0 heterocycles. The fourth-order valence-corrected chi connectivity index (χ4v) is 7.15. The second kappa shape index (κ2) is 15.4. The largest absolute Gasteiger partial charge is 0.310 e. The van der Waals surface area contributed by atoms with Gasteiger partial charge in [-0.15, -0.1) is 0 Å². The second-order valence-electron chi connectivity index (χ2n) is 13.8. The first-order valence-electron chi connectivity index (χ1n) is 18.5. The molecule has 0 bridgehead atoms. The average Bonchev–Trinajstić information content (AvgIpc) is 3.20. The predicted octanol–water partition coefficient (Wildman–Crippen LogP) is 14.7. The SMILES string of the molecule is Cc1cccc(N(c2ccccc2)c2ccc(-c3ccc(N(c4ccc(N(c5ccccc5)c5cccc(C)c5)cc4)c4cccc(C)c4)cc3)cc2)c1. The number of benzene rings is 8. The lowest BCUT2D eigenvalue weighted by Gasteiger charge is -2.28. The van der Waals surface area contributed by atoms with Crippen LogP contribution in [0.4, 0.5) is 51.2 Å². The third-order valence-electron chi connectivity index (χ3n) is 9.76. The van der Waals surface area contributed by atoms with E-state index >= 15 is 0 Å². The third kappa shape index (κ3) is 7.39. The molecule has 8 aromatic carbocycles. The second-order valence-corrected chi connectivity index (χ2v) is 13.8. The van der Waals surface area contributed by atoms with E-state index < -0.39 is 0 Å². The smallest absolute Gasteiger partial charge is 0.0464 e. The lowest BCUT2D eigenvalue weighted by Crippen LogP contribution is -2.12. The maximum absolute atomic E-state index is 2.34. The fourth-order valence-electron chi connectivity index (χ4n) is 7.15. The first-order valence-corrected chi connectivity index (χ1v) is 18.5. The number of hydrogen-bond acceptors (Lipinski definition) is 3. The summed E-state index contributed by atoms with van der Waals surface area (Å²) in [6.07, 6.45) is 0. The quantitative estimate of drug-likeness (QED) is 0.141. The first kappa shape index (κ1) is 34.3. The molecule has 0 aliphatic rings. The molecule has 0 aromatic heterocycles. The standard InChI is InChI=1S/C51H43N3/c1-38-13-10-20-49(35-38)52(43-16-6-4-7-17-43)45-27-23-41(24-28-45)42-25-29-46(30-26-42)54(51-22-12-15-40(3)37-51)48-33-31-47(32-34-48)53(44-18-8-5-9-19-44)50-21-11-14-39(2)36-50/h4-37H,1-3H3. The molecular formula is C51H43N3. The minimum atomic E-state index is 1.09. The van der Waals surface area contributed by atoms with E-state index in [1.54, 1.807) is 0 Å². The van der Waals surface area contributed by atoms with Crippen LogP contribution in [-0.4, -0.2) is 0 Å². The third-order valence-corrected chi connectivity index (χ3v) is 9.76. The van der Waals surface area contributed by atoms with Crippen LogP contribution in [-0.2, 0) is 0 Å². The van der Waals surface area contributed by atoms with Gasteiger partial charge in [0.15, 0.2) is 0 Å². The van der Waals surface area contributed by atoms with Crippen LogP contribution < -0.4 is 14.7 Å². The van der Waals surface area contributed by atoms with Gasteiger partial charge in [0.1, 0.15) is 0 Å². The van der Waals surface area contributed by atoms with Crippen LogP contribution in [0, 0.1) is 20.8 Å². The zero-order valence-corrected chi connectivity index (χ0v) is 31.0. The number of aryl methyl sites for hydroxylation is 3. The van der Waals surface area contributed by atoms with E-state index in [0.717, 1.165) is 51.2 Å². The lowest BCUT2D eigenvalue weighted by molar-refractivity contribution is 1.25. The van der Waals surface area contributed by atoms with Crippen molar-refractivity contribution in [3.05, 3.63) is 223 Å². The summed E-state index contributed by atoms with van der Waals surface area (Å²) in [4.78, 5) is 6.96. The number of rotatable bonds is 10. The van der Waals surface area contributed by atoms with E-state index in [0.29, 0.717) is 0 Å². The Balaban J connectivity index is 1.11. The number of anilines is 9. The summed E-state index contributed by atoms with van der Waals surface area (Å²) in [6, 6.07) is 73.9. The van der Waals surface area contributed by atoms with Crippen molar-refractivity contribution in [1.82, 2.24) is 0 Å². The molecule has 54 heavy (non-hydrogen) atoms. The Bertz CT molecular complexity index is 2450. The Morgan fingerprint density at radius 3 is 0.741 bits per heavy atom. The van der Waals surface area contributed by atoms with Gasteiger partial charge in [-0.05, 0) is 158 Å². The maximum atomic E-state index is 2.34. The van der Waals surface area contributed by atoms with Crippen molar-refractivity contribution in [2.24, 2.45) is 0 Å². The minimum absolute atomic E-state index is 1.09. The van der Waals surface area contributed by atoms with E-state index in [1.807, 2.05) is 0 Å². The van der Waals surface area contributed by atoms with Crippen molar-refractivity contribution in [3.63, 3.8) is 0 Å². The Labute approximate surface area is 319 Å². The minimum Gasteiger partial charge on any atom is -0.310 e. The fraction of sp³-hybridized carbons (Fsp3) is 0.0588. The van der Waals surface area contributed by atoms with Crippen LogP contribution in [0.2, 0.25) is 0 Å². The maximum Gasteiger partial charge on any atom is 0.0464 e. The molecule has 3 heteroatoms. The highest BCUT2D eigenvalue weighted by atomic mass is 15.2. The molecule has 0 aliphatic carbocycles. The molecule has 0 N–H and O–H groups in total. The molecule has 0 radical (unpaired) electrons. The van der Waals surface area contributed by atoms with Crippen molar-refractivity contribution in [2.75, 3.05) is 14.7 Å². The average molecular weight is 698 g/mol. The monoisotopic (exact) mass is 697 g/mol. The van der Waals surface area contributed by atoms with Gasteiger partial charge in [0.2, 0.25) is 0 Å². The molecule has 0 saturated heterocycles. The Morgan fingerprint density at radius 1 is 0.222 bits per heavy atom. The van der Waals surface area contributed by atoms with E-state index in [1.165, 1.54) is 27.8 Å². The molecule has 8 rings (SSSR count). The van der Waals surface area contributed by atoms with Crippen LogP contribution in [0.15, 0.2) is 206 Å². The van der Waals surface area contributed by atoms with Gasteiger partial charge in [0.25, 0.3) is 0 Å². The van der Waals surface area contributed by atoms with Gasteiger partial charge in [-0.1, -0.05) is 97.1 Å². The molecule has 0 saturated carbocycles. The van der Waals surface area contributed by atoms with Crippen LogP contribution in [0.3, 0.4) is 0 Å². The highest BCUT2D eigenvalue weighted by Crippen LogP contribution is 2.41. The molecule has 8 aromatic rings. The van der Waals surface area contributed by atoms with Crippen LogP contribution in [0.1, 0.15) is 16.7 Å². The number of para-hydroxylation sites is 2. The molecule has 0 aliphatic heterocycles. The summed E-state index contributed by atoms with van der Waals surface area (Å²) in [6.45, 7) is 6.43. The normalized spacial score (nSPS) is 10.9. The van der Waals surface area contributed by atoms with Crippen molar-refractivity contribution < 1.29 is 0 Å². The van der Waals surface area contributed by atoms with Crippen molar-refractivity contribution in [1.29, 1.82) is 0 Å². The van der Waals surface area contributed by atoms with Gasteiger partial charge in [-0.25, -0.2) is 0 Å². The highest BCUT2D eigenvalue weighted by molar-refractivity contribution is 5.83. The van der Waals surface area contributed by atoms with Gasteiger partial charge in [-0.3, -0.25) is 0 Å². The summed E-state index contributed by atoms with van der Waals surface area (Å²) < 4.78 is 0. The summed E-state index contributed by atoms with van der Waals surface area (Å²) >= 11 is 0.